The van der Waals surface area contributed by atoms with Crippen LogP contribution in [0.25, 0.3) is 11.6 Å². The third-order valence-electron chi connectivity index (χ3n) is 4.39. The van der Waals surface area contributed by atoms with Gasteiger partial charge in [-0.05, 0) is 65.2 Å². The normalized spacial score (nSPS) is 11.1. The van der Waals surface area contributed by atoms with Crippen LogP contribution < -0.4 is 9.47 Å². The van der Waals surface area contributed by atoms with Crippen molar-refractivity contribution in [1.29, 1.82) is 5.26 Å². The maximum Gasteiger partial charge on any atom is 0.175 e. The van der Waals surface area contributed by atoms with Crippen molar-refractivity contribution in [1.82, 2.24) is 0 Å². The van der Waals surface area contributed by atoms with Crippen LogP contribution in [0.4, 0.5) is 0 Å². The predicted octanol–water partition coefficient (Wildman–Crippen LogP) is 7.45. The topological polar surface area (TPSA) is 42.2 Å². The van der Waals surface area contributed by atoms with E-state index in [4.69, 9.17) is 21.1 Å². The van der Waals surface area contributed by atoms with Gasteiger partial charge in [-0.1, -0.05) is 59.6 Å². The van der Waals surface area contributed by atoms with E-state index in [0.717, 1.165) is 15.6 Å². The lowest BCUT2D eigenvalue weighted by Crippen LogP contribution is -2.01. The minimum Gasteiger partial charge on any atom is -0.490 e. The van der Waals surface area contributed by atoms with Gasteiger partial charge in [0.05, 0.1) is 22.7 Å². The monoisotopic (exact) mass is 481 g/mol. The lowest BCUT2D eigenvalue weighted by molar-refractivity contribution is 0.267. The van der Waals surface area contributed by atoms with Crippen molar-refractivity contribution in [3.8, 4) is 17.6 Å². The Balaban J connectivity index is 1.94. The van der Waals surface area contributed by atoms with Gasteiger partial charge in [0.1, 0.15) is 6.61 Å². The molecule has 5 heteroatoms. The SMILES string of the molecule is CCOc1cc(C=C(C#N)c2ccccc2Cl)cc(Br)c1OCc1cccc(C)c1. The fourth-order valence-electron chi connectivity index (χ4n) is 3.05. The van der Waals surface area contributed by atoms with Crippen molar-refractivity contribution in [2.75, 3.05) is 6.61 Å². The highest BCUT2D eigenvalue weighted by Crippen LogP contribution is 2.38. The molecule has 0 aliphatic heterocycles. The molecular weight excluding hydrogens is 462 g/mol. The van der Waals surface area contributed by atoms with Crippen LogP contribution in [0.5, 0.6) is 11.5 Å². The largest absolute Gasteiger partial charge is 0.490 e. The summed E-state index contributed by atoms with van der Waals surface area (Å²) in [5, 5.41) is 10.2. The fourth-order valence-corrected chi connectivity index (χ4v) is 3.86. The smallest absolute Gasteiger partial charge is 0.175 e. The van der Waals surface area contributed by atoms with Crippen LogP contribution in [-0.2, 0) is 6.61 Å². The van der Waals surface area contributed by atoms with Crippen molar-refractivity contribution >= 4 is 39.2 Å². The Labute approximate surface area is 190 Å². The summed E-state index contributed by atoms with van der Waals surface area (Å²) in [4.78, 5) is 0. The molecule has 0 heterocycles. The van der Waals surface area contributed by atoms with E-state index in [1.165, 1.54) is 5.56 Å². The lowest BCUT2D eigenvalue weighted by Gasteiger charge is -2.15. The Bertz CT molecular complexity index is 1120. The first-order valence-electron chi connectivity index (χ1n) is 9.53. The Kier molecular flexibility index (Phi) is 7.57. The maximum absolute atomic E-state index is 9.65. The van der Waals surface area contributed by atoms with E-state index >= 15 is 0 Å². The second-order valence-electron chi connectivity index (χ2n) is 6.69. The van der Waals surface area contributed by atoms with Gasteiger partial charge in [-0.15, -0.1) is 0 Å². The molecule has 0 aliphatic rings. The van der Waals surface area contributed by atoms with Crippen molar-refractivity contribution in [2.24, 2.45) is 0 Å². The summed E-state index contributed by atoms with van der Waals surface area (Å²) in [5.74, 6) is 1.24. The van der Waals surface area contributed by atoms with Gasteiger partial charge >= 0.3 is 0 Å². The number of aryl methyl sites for hydroxylation is 1. The molecule has 0 aromatic heterocycles. The summed E-state index contributed by atoms with van der Waals surface area (Å²) in [7, 11) is 0. The first kappa shape index (κ1) is 22.0. The van der Waals surface area contributed by atoms with E-state index in [1.807, 2.05) is 49.4 Å². The predicted molar refractivity (Wildman–Crippen MR) is 126 cm³/mol. The fraction of sp³-hybridized carbons (Fsp3) is 0.160. The molecule has 0 radical (unpaired) electrons. The first-order valence-corrected chi connectivity index (χ1v) is 10.7. The molecule has 0 amide bonds. The number of hydrogen-bond donors (Lipinski definition) is 0. The van der Waals surface area contributed by atoms with E-state index in [1.54, 1.807) is 12.1 Å². The number of rotatable bonds is 7. The molecule has 0 saturated carbocycles. The summed E-state index contributed by atoms with van der Waals surface area (Å²) in [5.41, 5.74) is 4.24. The molecule has 3 aromatic carbocycles. The maximum atomic E-state index is 9.65. The molecule has 0 aliphatic carbocycles. The van der Waals surface area contributed by atoms with Gasteiger partial charge in [-0.3, -0.25) is 0 Å². The van der Waals surface area contributed by atoms with Gasteiger partial charge in [0.15, 0.2) is 11.5 Å². The molecule has 3 nitrogen and oxygen atoms in total. The second-order valence-corrected chi connectivity index (χ2v) is 7.95. The molecule has 3 aromatic rings. The van der Waals surface area contributed by atoms with Crippen LogP contribution in [0.2, 0.25) is 5.02 Å². The average Bonchev–Trinajstić information content (AvgIpc) is 2.72. The molecule has 0 N–H and O–H groups in total. The quantitative estimate of drug-likeness (QED) is 0.259. The number of ether oxygens (including phenoxy) is 2. The number of allylic oxidation sites excluding steroid dienone is 1. The van der Waals surface area contributed by atoms with Crippen LogP contribution >= 0.6 is 27.5 Å². The Morgan fingerprint density at radius 3 is 2.60 bits per heavy atom. The van der Waals surface area contributed by atoms with E-state index in [2.05, 4.69) is 41.1 Å². The van der Waals surface area contributed by atoms with E-state index in [-0.39, 0.29) is 0 Å². The minimum atomic E-state index is 0.429. The van der Waals surface area contributed by atoms with E-state index < -0.39 is 0 Å². The van der Waals surface area contributed by atoms with Gasteiger partial charge in [0.2, 0.25) is 0 Å². The molecule has 3 rings (SSSR count). The molecule has 0 fully saturated rings. The number of nitriles is 1. The molecular formula is C25H21BrClNO2. The molecule has 0 spiro atoms. The third-order valence-corrected chi connectivity index (χ3v) is 5.31. The lowest BCUT2D eigenvalue weighted by atomic mass is 10.0. The summed E-state index contributed by atoms with van der Waals surface area (Å²) in [6.45, 7) is 4.90. The zero-order valence-electron chi connectivity index (χ0n) is 16.8. The standard InChI is InChI=1S/C25H21BrClNO2/c1-3-29-24-14-19(12-20(15-28)21-9-4-5-10-23(21)27)13-22(26)25(24)30-16-18-8-6-7-17(2)11-18/h4-14H,3,16H2,1-2H3. The van der Waals surface area contributed by atoms with Gasteiger partial charge in [0.25, 0.3) is 0 Å². The number of halogens is 2. The van der Waals surface area contributed by atoms with Crippen LogP contribution in [0.15, 0.2) is 65.1 Å². The van der Waals surface area contributed by atoms with Crippen LogP contribution in [-0.4, -0.2) is 6.61 Å². The van der Waals surface area contributed by atoms with Crippen molar-refractivity contribution in [2.45, 2.75) is 20.5 Å². The van der Waals surface area contributed by atoms with Crippen molar-refractivity contribution < 1.29 is 9.47 Å². The number of nitrogens with zero attached hydrogens (tertiary/aromatic N) is 1. The molecule has 0 atom stereocenters. The zero-order chi connectivity index (χ0) is 21.5. The van der Waals surface area contributed by atoms with Crippen LogP contribution in [0, 0.1) is 18.3 Å². The molecule has 0 saturated heterocycles. The highest BCUT2D eigenvalue weighted by molar-refractivity contribution is 9.10. The third kappa shape index (κ3) is 5.44. The summed E-state index contributed by atoms with van der Waals surface area (Å²) < 4.78 is 12.6. The first-order chi connectivity index (χ1) is 14.5. The summed E-state index contributed by atoms with van der Waals surface area (Å²) in [6, 6.07) is 21.5. The Morgan fingerprint density at radius 1 is 1.10 bits per heavy atom. The molecule has 0 unspecified atom stereocenters. The molecule has 0 bridgehead atoms. The zero-order valence-corrected chi connectivity index (χ0v) is 19.1. The Hall–Kier alpha value is -2.74. The van der Waals surface area contributed by atoms with Gasteiger partial charge in [0, 0.05) is 10.6 Å². The minimum absolute atomic E-state index is 0.429. The van der Waals surface area contributed by atoms with Gasteiger partial charge in [-0.2, -0.15) is 5.26 Å². The summed E-state index contributed by atoms with van der Waals surface area (Å²) >= 11 is 9.86. The summed E-state index contributed by atoms with van der Waals surface area (Å²) in [6.07, 6.45) is 1.79. The van der Waals surface area contributed by atoms with Crippen LogP contribution in [0.1, 0.15) is 29.2 Å². The van der Waals surface area contributed by atoms with Crippen molar-refractivity contribution in [3.05, 3.63) is 92.4 Å². The molecule has 152 valence electrons. The van der Waals surface area contributed by atoms with Crippen LogP contribution in [0.3, 0.4) is 0 Å². The molecule has 30 heavy (non-hydrogen) atoms. The van der Waals surface area contributed by atoms with Crippen molar-refractivity contribution in [3.63, 3.8) is 0 Å². The Morgan fingerprint density at radius 2 is 1.90 bits per heavy atom. The highest BCUT2D eigenvalue weighted by atomic mass is 79.9. The number of hydrogen-bond acceptors (Lipinski definition) is 3. The van der Waals surface area contributed by atoms with Gasteiger partial charge < -0.3 is 9.47 Å². The van der Waals surface area contributed by atoms with E-state index in [0.29, 0.717) is 40.9 Å². The second kappa shape index (κ2) is 10.3. The van der Waals surface area contributed by atoms with Gasteiger partial charge in [-0.25, -0.2) is 0 Å². The number of benzene rings is 3. The highest BCUT2D eigenvalue weighted by Gasteiger charge is 2.13. The average molecular weight is 483 g/mol. The van der Waals surface area contributed by atoms with E-state index in [9.17, 15) is 5.26 Å².